The van der Waals surface area contributed by atoms with Crippen molar-refractivity contribution in [2.75, 3.05) is 19.6 Å². The lowest BCUT2D eigenvalue weighted by Crippen LogP contribution is -2.32. The highest BCUT2D eigenvalue weighted by Crippen LogP contribution is 2.00. The Morgan fingerprint density at radius 1 is 1.55 bits per heavy atom. The summed E-state index contributed by atoms with van der Waals surface area (Å²) in [7, 11) is 0. The van der Waals surface area contributed by atoms with Gasteiger partial charge in [0.1, 0.15) is 0 Å². The van der Waals surface area contributed by atoms with Crippen molar-refractivity contribution in [1.82, 2.24) is 10.6 Å². The highest BCUT2D eigenvalue weighted by Gasteiger charge is 2.13. The maximum atomic E-state index is 11.7. The Balaban J connectivity index is 1.94. The molecule has 1 rings (SSSR count). The van der Waals surface area contributed by atoms with Gasteiger partial charge in [0.15, 0.2) is 0 Å². The molecule has 2 N–H and O–H groups in total. The predicted molar refractivity (Wildman–Crippen MR) is 39.9 cm³/mol. The van der Waals surface area contributed by atoms with E-state index in [0.717, 1.165) is 19.5 Å². The molecule has 4 heteroatoms. The largest absolute Gasteiger partial charge is 0.315 e. The summed E-state index contributed by atoms with van der Waals surface area (Å²) >= 11 is 0. The topological polar surface area (TPSA) is 24.1 Å². The van der Waals surface area contributed by atoms with E-state index in [1.807, 2.05) is 0 Å². The number of alkyl halides is 2. The van der Waals surface area contributed by atoms with Gasteiger partial charge in [-0.25, -0.2) is 8.78 Å². The molecule has 2 nitrogen and oxygen atoms in total. The number of nitrogens with one attached hydrogen (secondary N) is 2. The van der Waals surface area contributed by atoms with Crippen molar-refractivity contribution >= 4 is 0 Å². The zero-order valence-corrected chi connectivity index (χ0v) is 6.45. The van der Waals surface area contributed by atoms with Crippen molar-refractivity contribution in [2.24, 2.45) is 0 Å². The fraction of sp³-hybridized carbons (Fsp3) is 1.00. The van der Waals surface area contributed by atoms with Crippen LogP contribution in [0.1, 0.15) is 12.8 Å². The van der Waals surface area contributed by atoms with Crippen molar-refractivity contribution in [1.29, 1.82) is 0 Å². The second kappa shape index (κ2) is 4.62. The molecule has 1 aliphatic rings. The van der Waals surface area contributed by atoms with Gasteiger partial charge in [0.25, 0.3) is 0 Å². The fourth-order valence-corrected chi connectivity index (χ4v) is 1.23. The minimum absolute atomic E-state index is 0.0312. The van der Waals surface area contributed by atoms with E-state index < -0.39 is 6.43 Å². The van der Waals surface area contributed by atoms with Gasteiger partial charge in [-0.05, 0) is 13.0 Å². The van der Waals surface area contributed by atoms with Gasteiger partial charge >= 0.3 is 0 Å². The molecule has 1 unspecified atom stereocenters. The van der Waals surface area contributed by atoms with Crippen LogP contribution in [-0.4, -0.2) is 32.1 Å². The molecular weight excluding hydrogens is 150 g/mol. The van der Waals surface area contributed by atoms with Crippen LogP contribution >= 0.6 is 0 Å². The third kappa shape index (κ3) is 3.62. The first-order valence-electron chi connectivity index (χ1n) is 4.01. The molecule has 0 bridgehead atoms. The molecule has 0 amide bonds. The quantitative estimate of drug-likeness (QED) is 0.635. The van der Waals surface area contributed by atoms with Crippen LogP contribution in [0.3, 0.4) is 0 Å². The first kappa shape index (κ1) is 8.87. The van der Waals surface area contributed by atoms with Gasteiger partial charge in [-0.2, -0.15) is 0 Å². The van der Waals surface area contributed by atoms with Crippen LogP contribution < -0.4 is 10.6 Å². The summed E-state index contributed by atoms with van der Waals surface area (Å²) in [6.45, 7) is 2.36. The minimum atomic E-state index is -2.17. The molecule has 0 aromatic carbocycles. The van der Waals surface area contributed by atoms with E-state index in [-0.39, 0.29) is 6.42 Å². The average molecular weight is 164 g/mol. The van der Waals surface area contributed by atoms with Gasteiger partial charge < -0.3 is 10.6 Å². The second-order valence-electron chi connectivity index (χ2n) is 2.82. The van der Waals surface area contributed by atoms with Crippen molar-refractivity contribution in [3.05, 3.63) is 0 Å². The first-order valence-corrected chi connectivity index (χ1v) is 4.01. The lowest BCUT2D eigenvalue weighted by atomic mass is 10.2. The molecule has 0 aromatic rings. The van der Waals surface area contributed by atoms with Gasteiger partial charge in [-0.15, -0.1) is 0 Å². The molecule has 66 valence electrons. The van der Waals surface area contributed by atoms with Gasteiger partial charge in [0.05, 0.1) is 0 Å². The SMILES string of the molecule is FC(F)CCNC1CCNC1. The molecule has 11 heavy (non-hydrogen) atoms. The highest BCUT2D eigenvalue weighted by atomic mass is 19.3. The Labute approximate surface area is 65.4 Å². The second-order valence-corrected chi connectivity index (χ2v) is 2.82. The van der Waals surface area contributed by atoms with Crippen molar-refractivity contribution < 1.29 is 8.78 Å². The first-order chi connectivity index (χ1) is 5.29. The molecule has 1 aliphatic heterocycles. The van der Waals surface area contributed by atoms with Crippen molar-refractivity contribution in [3.63, 3.8) is 0 Å². The van der Waals surface area contributed by atoms with E-state index >= 15 is 0 Å². The smallest absolute Gasteiger partial charge is 0.239 e. The fourth-order valence-electron chi connectivity index (χ4n) is 1.23. The number of rotatable bonds is 4. The van der Waals surface area contributed by atoms with E-state index in [0.29, 0.717) is 12.6 Å². The third-order valence-electron chi connectivity index (χ3n) is 1.86. The van der Waals surface area contributed by atoms with E-state index in [1.165, 1.54) is 0 Å². The van der Waals surface area contributed by atoms with Gasteiger partial charge in [0, 0.05) is 25.6 Å². The molecule has 1 atom stereocenters. The van der Waals surface area contributed by atoms with Crippen LogP contribution in [0.2, 0.25) is 0 Å². The van der Waals surface area contributed by atoms with Crippen LogP contribution in [0.25, 0.3) is 0 Å². The summed E-state index contributed by atoms with van der Waals surface area (Å²) in [4.78, 5) is 0. The Bertz CT molecular complexity index is 103. The minimum Gasteiger partial charge on any atom is -0.315 e. The number of hydrogen-bond donors (Lipinski definition) is 2. The Morgan fingerprint density at radius 3 is 2.91 bits per heavy atom. The van der Waals surface area contributed by atoms with Crippen molar-refractivity contribution in [3.8, 4) is 0 Å². The van der Waals surface area contributed by atoms with Crippen LogP contribution in [0, 0.1) is 0 Å². The van der Waals surface area contributed by atoms with E-state index in [1.54, 1.807) is 0 Å². The molecule has 0 radical (unpaired) electrons. The van der Waals surface area contributed by atoms with Gasteiger partial charge in [0.2, 0.25) is 6.43 Å². The summed E-state index contributed by atoms with van der Waals surface area (Å²) in [5.74, 6) is 0. The van der Waals surface area contributed by atoms with E-state index in [2.05, 4.69) is 10.6 Å². The standard InChI is InChI=1S/C7H14F2N2/c8-7(9)2-4-11-6-1-3-10-5-6/h6-7,10-11H,1-5H2. The summed E-state index contributed by atoms with van der Waals surface area (Å²) < 4.78 is 23.3. The molecular formula is C7H14F2N2. The van der Waals surface area contributed by atoms with Crippen LogP contribution in [-0.2, 0) is 0 Å². The van der Waals surface area contributed by atoms with E-state index in [9.17, 15) is 8.78 Å². The van der Waals surface area contributed by atoms with Gasteiger partial charge in [-0.1, -0.05) is 0 Å². The summed E-state index contributed by atoms with van der Waals surface area (Å²) in [6, 6.07) is 0.411. The Hall–Kier alpha value is -0.220. The summed E-state index contributed by atoms with van der Waals surface area (Å²) in [6.07, 6.45) is -1.14. The normalized spacial score (nSPS) is 24.8. The molecule has 0 aliphatic carbocycles. The van der Waals surface area contributed by atoms with Crippen LogP contribution in [0.15, 0.2) is 0 Å². The Morgan fingerprint density at radius 2 is 2.36 bits per heavy atom. The average Bonchev–Trinajstić information content (AvgIpc) is 2.39. The molecule has 0 saturated carbocycles. The zero-order chi connectivity index (χ0) is 8.10. The van der Waals surface area contributed by atoms with Crippen LogP contribution in [0.5, 0.6) is 0 Å². The maximum absolute atomic E-state index is 11.7. The number of hydrogen-bond acceptors (Lipinski definition) is 2. The Kier molecular flexibility index (Phi) is 3.72. The molecule has 1 heterocycles. The molecule has 0 aromatic heterocycles. The molecule has 1 fully saturated rings. The monoisotopic (exact) mass is 164 g/mol. The maximum Gasteiger partial charge on any atom is 0.239 e. The van der Waals surface area contributed by atoms with Crippen molar-refractivity contribution in [2.45, 2.75) is 25.3 Å². The molecule has 0 spiro atoms. The summed E-state index contributed by atoms with van der Waals surface area (Å²) in [5, 5.41) is 6.23. The lowest BCUT2D eigenvalue weighted by molar-refractivity contribution is 0.136. The lowest BCUT2D eigenvalue weighted by Gasteiger charge is -2.09. The van der Waals surface area contributed by atoms with E-state index in [4.69, 9.17) is 0 Å². The third-order valence-corrected chi connectivity index (χ3v) is 1.86. The predicted octanol–water partition coefficient (Wildman–Crippen LogP) is 0.593. The molecule has 1 saturated heterocycles. The number of halogens is 2. The highest BCUT2D eigenvalue weighted by molar-refractivity contribution is 4.76. The summed E-state index contributed by atoms with van der Waals surface area (Å²) in [5.41, 5.74) is 0. The van der Waals surface area contributed by atoms with Crippen LogP contribution in [0.4, 0.5) is 8.78 Å². The van der Waals surface area contributed by atoms with Gasteiger partial charge in [-0.3, -0.25) is 0 Å². The zero-order valence-electron chi connectivity index (χ0n) is 6.45.